The zero-order valence-corrected chi connectivity index (χ0v) is 13.1. The third-order valence-corrected chi connectivity index (χ3v) is 4.13. The largest absolute Gasteiger partial charge is 0.312 e. The summed E-state index contributed by atoms with van der Waals surface area (Å²) in [6, 6.07) is 1.29. The highest BCUT2D eigenvalue weighted by Crippen LogP contribution is 2.13. The molecule has 1 N–H and O–H groups in total. The number of nitrogens with one attached hydrogen (secondary N) is 1. The van der Waals surface area contributed by atoms with Gasteiger partial charge in [0.05, 0.1) is 0 Å². The van der Waals surface area contributed by atoms with Crippen LogP contribution in [0.4, 0.5) is 0 Å². The summed E-state index contributed by atoms with van der Waals surface area (Å²) in [5.74, 6) is 1.48. The maximum Gasteiger partial charge on any atom is 0.0220 e. The van der Waals surface area contributed by atoms with E-state index in [-0.39, 0.29) is 0 Å². The highest BCUT2D eigenvalue weighted by molar-refractivity contribution is 4.78. The molecular formula is C15H34N2. The van der Waals surface area contributed by atoms with E-state index in [1.807, 2.05) is 0 Å². The molecule has 0 aromatic carbocycles. The number of likely N-dealkylation sites (N-methyl/N-ethyl adjacent to an activating group) is 1. The first-order valence-electron chi connectivity index (χ1n) is 7.37. The van der Waals surface area contributed by atoms with Gasteiger partial charge < -0.3 is 10.2 Å². The summed E-state index contributed by atoms with van der Waals surface area (Å²) in [4.78, 5) is 2.50. The van der Waals surface area contributed by atoms with Crippen molar-refractivity contribution in [3.05, 3.63) is 0 Å². The van der Waals surface area contributed by atoms with E-state index in [1.54, 1.807) is 0 Å². The Hall–Kier alpha value is -0.0800. The van der Waals surface area contributed by atoms with Crippen LogP contribution in [0.5, 0.6) is 0 Å². The standard InChI is InChI=1S/C15H34N2/c1-8-10-16-15(13(5)9-2)11-17(7)14(6)12(3)4/h12-16H,8-11H2,1-7H3. The van der Waals surface area contributed by atoms with E-state index in [2.05, 4.69) is 58.8 Å². The third kappa shape index (κ3) is 6.42. The van der Waals surface area contributed by atoms with Crippen LogP contribution >= 0.6 is 0 Å². The van der Waals surface area contributed by atoms with Crippen LogP contribution in [-0.2, 0) is 0 Å². The van der Waals surface area contributed by atoms with Crippen molar-refractivity contribution < 1.29 is 0 Å². The first-order chi connectivity index (χ1) is 7.93. The van der Waals surface area contributed by atoms with E-state index in [9.17, 15) is 0 Å². The fourth-order valence-corrected chi connectivity index (χ4v) is 2.05. The first-order valence-corrected chi connectivity index (χ1v) is 7.37. The number of nitrogens with zero attached hydrogens (tertiary/aromatic N) is 1. The van der Waals surface area contributed by atoms with Crippen molar-refractivity contribution in [3.8, 4) is 0 Å². The molecule has 0 amide bonds. The Morgan fingerprint density at radius 2 is 1.65 bits per heavy atom. The highest BCUT2D eigenvalue weighted by atomic mass is 15.2. The molecule has 17 heavy (non-hydrogen) atoms. The lowest BCUT2D eigenvalue weighted by Gasteiger charge is -2.34. The molecule has 0 saturated heterocycles. The van der Waals surface area contributed by atoms with E-state index in [0.29, 0.717) is 12.1 Å². The molecule has 2 heteroatoms. The summed E-state index contributed by atoms with van der Waals surface area (Å²) in [5, 5.41) is 3.70. The van der Waals surface area contributed by atoms with Gasteiger partial charge in [0, 0.05) is 18.6 Å². The van der Waals surface area contributed by atoms with Gasteiger partial charge in [0.15, 0.2) is 0 Å². The molecule has 104 valence electrons. The minimum Gasteiger partial charge on any atom is -0.312 e. The lowest BCUT2D eigenvalue weighted by molar-refractivity contribution is 0.168. The molecule has 0 aliphatic heterocycles. The van der Waals surface area contributed by atoms with Crippen molar-refractivity contribution in [3.63, 3.8) is 0 Å². The van der Waals surface area contributed by atoms with Gasteiger partial charge in [-0.05, 0) is 38.8 Å². The zero-order valence-electron chi connectivity index (χ0n) is 13.1. The molecule has 0 bridgehead atoms. The van der Waals surface area contributed by atoms with Crippen LogP contribution < -0.4 is 5.32 Å². The van der Waals surface area contributed by atoms with Gasteiger partial charge >= 0.3 is 0 Å². The van der Waals surface area contributed by atoms with E-state index in [0.717, 1.165) is 24.9 Å². The fourth-order valence-electron chi connectivity index (χ4n) is 2.05. The molecule has 0 rings (SSSR count). The van der Waals surface area contributed by atoms with E-state index < -0.39 is 0 Å². The SMILES string of the molecule is CCCNC(CN(C)C(C)C(C)C)C(C)CC. The second kappa shape index (κ2) is 8.93. The second-order valence-electron chi connectivity index (χ2n) is 5.87. The van der Waals surface area contributed by atoms with Crippen LogP contribution in [0.25, 0.3) is 0 Å². The number of rotatable bonds is 9. The van der Waals surface area contributed by atoms with Crippen LogP contribution in [0.1, 0.15) is 54.4 Å². The van der Waals surface area contributed by atoms with Crippen molar-refractivity contribution in [1.82, 2.24) is 10.2 Å². The quantitative estimate of drug-likeness (QED) is 0.667. The molecule has 0 spiro atoms. The third-order valence-electron chi connectivity index (χ3n) is 4.13. The van der Waals surface area contributed by atoms with Gasteiger partial charge in [-0.15, -0.1) is 0 Å². The van der Waals surface area contributed by atoms with Gasteiger partial charge in [0.1, 0.15) is 0 Å². The molecule has 0 radical (unpaired) electrons. The Labute approximate surface area is 109 Å². The molecule has 0 saturated carbocycles. The van der Waals surface area contributed by atoms with Gasteiger partial charge in [0.2, 0.25) is 0 Å². The van der Waals surface area contributed by atoms with Gasteiger partial charge in [-0.3, -0.25) is 0 Å². The Morgan fingerprint density at radius 3 is 2.06 bits per heavy atom. The Kier molecular flexibility index (Phi) is 8.89. The van der Waals surface area contributed by atoms with E-state index >= 15 is 0 Å². The van der Waals surface area contributed by atoms with Gasteiger partial charge in [-0.1, -0.05) is 41.0 Å². The lowest BCUT2D eigenvalue weighted by atomic mass is 9.97. The molecule has 3 atom stereocenters. The second-order valence-corrected chi connectivity index (χ2v) is 5.87. The average molecular weight is 242 g/mol. The highest BCUT2D eigenvalue weighted by Gasteiger charge is 2.20. The molecule has 0 aromatic rings. The molecule has 0 aliphatic carbocycles. The maximum atomic E-state index is 3.70. The van der Waals surface area contributed by atoms with Crippen molar-refractivity contribution in [1.29, 1.82) is 0 Å². The summed E-state index contributed by atoms with van der Waals surface area (Å²) in [7, 11) is 2.26. The van der Waals surface area contributed by atoms with Gasteiger partial charge in [-0.25, -0.2) is 0 Å². The summed E-state index contributed by atoms with van der Waals surface area (Å²) in [5.41, 5.74) is 0. The lowest BCUT2D eigenvalue weighted by Crippen LogP contribution is -2.47. The zero-order chi connectivity index (χ0) is 13.4. The van der Waals surface area contributed by atoms with Crippen LogP contribution in [0.3, 0.4) is 0 Å². The van der Waals surface area contributed by atoms with Crippen molar-refractivity contribution in [2.45, 2.75) is 66.5 Å². The maximum absolute atomic E-state index is 3.70. The van der Waals surface area contributed by atoms with Gasteiger partial charge in [-0.2, -0.15) is 0 Å². The minimum atomic E-state index is 0.631. The van der Waals surface area contributed by atoms with Crippen molar-refractivity contribution in [2.24, 2.45) is 11.8 Å². The Morgan fingerprint density at radius 1 is 1.06 bits per heavy atom. The minimum absolute atomic E-state index is 0.631. The first kappa shape index (κ1) is 16.9. The smallest absolute Gasteiger partial charge is 0.0220 e. The number of hydrogen-bond acceptors (Lipinski definition) is 2. The van der Waals surface area contributed by atoms with Gasteiger partial charge in [0.25, 0.3) is 0 Å². The monoisotopic (exact) mass is 242 g/mol. The fraction of sp³-hybridized carbons (Fsp3) is 1.00. The van der Waals surface area contributed by atoms with Crippen molar-refractivity contribution in [2.75, 3.05) is 20.1 Å². The van der Waals surface area contributed by atoms with Crippen LogP contribution in [-0.4, -0.2) is 37.1 Å². The predicted octanol–water partition coefficient (Wildman–Crippen LogP) is 3.38. The van der Waals surface area contributed by atoms with E-state index in [4.69, 9.17) is 0 Å². The normalized spacial score (nSPS) is 17.5. The summed E-state index contributed by atoms with van der Waals surface area (Å²) < 4.78 is 0. The molecule has 2 nitrogen and oxygen atoms in total. The predicted molar refractivity (Wildman–Crippen MR) is 78.5 cm³/mol. The Balaban J connectivity index is 4.30. The van der Waals surface area contributed by atoms with Crippen molar-refractivity contribution >= 4 is 0 Å². The molecular weight excluding hydrogens is 208 g/mol. The van der Waals surface area contributed by atoms with Crippen LogP contribution in [0, 0.1) is 11.8 Å². The molecule has 0 aromatic heterocycles. The topological polar surface area (TPSA) is 15.3 Å². The summed E-state index contributed by atoms with van der Waals surface area (Å²) in [6.45, 7) is 16.1. The van der Waals surface area contributed by atoms with E-state index in [1.165, 1.54) is 12.8 Å². The summed E-state index contributed by atoms with van der Waals surface area (Å²) in [6.07, 6.45) is 2.47. The number of hydrogen-bond donors (Lipinski definition) is 1. The van der Waals surface area contributed by atoms with Crippen LogP contribution in [0.2, 0.25) is 0 Å². The molecule has 0 aliphatic rings. The molecule has 3 unspecified atom stereocenters. The average Bonchev–Trinajstić information content (AvgIpc) is 2.31. The molecule has 0 fully saturated rings. The summed E-state index contributed by atoms with van der Waals surface area (Å²) >= 11 is 0. The van der Waals surface area contributed by atoms with Crippen LogP contribution in [0.15, 0.2) is 0 Å². The molecule has 0 heterocycles. The Bertz CT molecular complexity index is 180.